The van der Waals surface area contributed by atoms with Gasteiger partial charge in [0.15, 0.2) is 0 Å². The van der Waals surface area contributed by atoms with E-state index < -0.39 is 0 Å². The summed E-state index contributed by atoms with van der Waals surface area (Å²) in [5.74, 6) is 0. The highest BCUT2D eigenvalue weighted by Gasteiger charge is 1.94. The summed E-state index contributed by atoms with van der Waals surface area (Å²) in [5.41, 5.74) is 0. The number of aliphatic hydroxyl groups is 1. The van der Waals surface area contributed by atoms with E-state index in [2.05, 4.69) is 6.92 Å². The van der Waals surface area contributed by atoms with Crippen LogP contribution in [0.1, 0.15) is 96.8 Å². The molecule has 0 saturated carbocycles. The second-order valence-corrected chi connectivity index (χ2v) is 5.93. The van der Waals surface area contributed by atoms with Crippen LogP contribution in [0, 0.1) is 0 Å². The largest absolute Gasteiger partial charge is 0.396 e. The minimum absolute atomic E-state index is 0.357. The van der Waals surface area contributed by atoms with Crippen LogP contribution in [0.5, 0.6) is 0 Å². The number of rotatable bonds is 17. The molecule has 0 aliphatic carbocycles. The monoisotopic (exact) mass is 286 g/mol. The molecule has 0 rings (SSSR count). The lowest BCUT2D eigenvalue weighted by Gasteiger charge is -2.05. The van der Waals surface area contributed by atoms with E-state index in [0.29, 0.717) is 6.61 Å². The van der Waals surface area contributed by atoms with E-state index >= 15 is 0 Å². The van der Waals surface area contributed by atoms with E-state index in [0.717, 1.165) is 19.6 Å². The van der Waals surface area contributed by atoms with Crippen molar-refractivity contribution in [2.45, 2.75) is 96.8 Å². The molecule has 20 heavy (non-hydrogen) atoms. The van der Waals surface area contributed by atoms with Crippen LogP contribution in [0.15, 0.2) is 0 Å². The zero-order chi connectivity index (χ0) is 14.7. The van der Waals surface area contributed by atoms with Crippen LogP contribution in [0.4, 0.5) is 0 Å². The Kier molecular flexibility index (Phi) is 18.8. The quantitative estimate of drug-likeness (QED) is 0.359. The Bertz CT molecular complexity index is 141. The molecule has 2 nitrogen and oxygen atoms in total. The van der Waals surface area contributed by atoms with Gasteiger partial charge in [-0.15, -0.1) is 0 Å². The third kappa shape index (κ3) is 17.9. The summed E-state index contributed by atoms with van der Waals surface area (Å²) in [7, 11) is 0. The third-order valence-electron chi connectivity index (χ3n) is 3.84. The first-order chi connectivity index (χ1) is 9.91. The van der Waals surface area contributed by atoms with Gasteiger partial charge in [0.05, 0.1) is 0 Å². The predicted octanol–water partition coefficient (Wildman–Crippen LogP) is 5.48. The van der Waals surface area contributed by atoms with Crippen molar-refractivity contribution in [3.63, 3.8) is 0 Å². The maximum Gasteiger partial charge on any atom is 0.0466 e. The van der Waals surface area contributed by atoms with Crippen molar-refractivity contribution in [2.24, 2.45) is 0 Å². The molecule has 0 saturated heterocycles. The Hall–Kier alpha value is -0.0800. The topological polar surface area (TPSA) is 29.5 Å². The van der Waals surface area contributed by atoms with Gasteiger partial charge in [0.1, 0.15) is 0 Å². The molecule has 2 heteroatoms. The van der Waals surface area contributed by atoms with Crippen LogP contribution in [0.3, 0.4) is 0 Å². The van der Waals surface area contributed by atoms with Crippen molar-refractivity contribution < 1.29 is 9.84 Å². The smallest absolute Gasteiger partial charge is 0.0466 e. The first-order valence-electron chi connectivity index (χ1n) is 9.10. The SMILES string of the molecule is CCCCCCCCOCCCCCCCCCCO. The van der Waals surface area contributed by atoms with E-state index in [1.807, 2.05) is 0 Å². The lowest BCUT2D eigenvalue weighted by atomic mass is 10.1. The van der Waals surface area contributed by atoms with Crippen molar-refractivity contribution in [1.29, 1.82) is 0 Å². The molecule has 0 radical (unpaired) electrons. The fraction of sp³-hybridized carbons (Fsp3) is 1.00. The summed E-state index contributed by atoms with van der Waals surface area (Å²) in [6.45, 7) is 4.54. The molecule has 0 spiro atoms. The fourth-order valence-electron chi connectivity index (χ4n) is 2.46. The number of aliphatic hydroxyl groups excluding tert-OH is 1. The molecule has 0 aliphatic rings. The third-order valence-corrected chi connectivity index (χ3v) is 3.84. The number of ether oxygens (including phenoxy) is 1. The van der Waals surface area contributed by atoms with Gasteiger partial charge in [-0.3, -0.25) is 0 Å². The second-order valence-electron chi connectivity index (χ2n) is 5.93. The molecule has 0 atom stereocenters. The normalized spacial score (nSPS) is 11.1. The zero-order valence-electron chi connectivity index (χ0n) is 13.9. The van der Waals surface area contributed by atoms with Crippen molar-refractivity contribution >= 4 is 0 Å². The van der Waals surface area contributed by atoms with Crippen LogP contribution in [-0.2, 0) is 4.74 Å². The molecular formula is C18H38O2. The van der Waals surface area contributed by atoms with Crippen LogP contribution in [0.2, 0.25) is 0 Å². The lowest BCUT2D eigenvalue weighted by Crippen LogP contribution is -1.97. The first kappa shape index (κ1) is 19.9. The molecule has 0 aromatic rings. The number of hydrogen-bond acceptors (Lipinski definition) is 2. The van der Waals surface area contributed by atoms with Gasteiger partial charge in [-0.25, -0.2) is 0 Å². The maximum absolute atomic E-state index is 8.67. The molecule has 0 fully saturated rings. The van der Waals surface area contributed by atoms with Gasteiger partial charge in [-0.2, -0.15) is 0 Å². The Morgan fingerprint density at radius 1 is 0.550 bits per heavy atom. The zero-order valence-corrected chi connectivity index (χ0v) is 13.9. The van der Waals surface area contributed by atoms with Gasteiger partial charge < -0.3 is 9.84 Å². The fourth-order valence-corrected chi connectivity index (χ4v) is 2.46. The van der Waals surface area contributed by atoms with Crippen LogP contribution in [0.25, 0.3) is 0 Å². The van der Waals surface area contributed by atoms with E-state index in [9.17, 15) is 0 Å². The average molecular weight is 286 g/mol. The standard InChI is InChI=1S/C18H38O2/c1-2-3-4-5-11-14-17-20-18-15-12-9-7-6-8-10-13-16-19/h19H,2-18H2,1H3. The summed E-state index contributed by atoms with van der Waals surface area (Å²) in [6, 6.07) is 0. The molecule has 0 aromatic heterocycles. The van der Waals surface area contributed by atoms with Crippen molar-refractivity contribution in [2.75, 3.05) is 19.8 Å². The van der Waals surface area contributed by atoms with Gasteiger partial charge in [0.25, 0.3) is 0 Å². The molecule has 1 N–H and O–H groups in total. The molecule has 0 heterocycles. The minimum atomic E-state index is 0.357. The van der Waals surface area contributed by atoms with Gasteiger partial charge in [0.2, 0.25) is 0 Å². The van der Waals surface area contributed by atoms with Gasteiger partial charge in [-0.1, -0.05) is 77.6 Å². The highest BCUT2D eigenvalue weighted by atomic mass is 16.5. The van der Waals surface area contributed by atoms with Gasteiger partial charge >= 0.3 is 0 Å². The summed E-state index contributed by atoms with van der Waals surface area (Å²) < 4.78 is 5.67. The number of hydrogen-bond donors (Lipinski definition) is 1. The Labute approximate surface area is 127 Å². The van der Waals surface area contributed by atoms with Crippen LogP contribution < -0.4 is 0 Å². The summed E-state index contributed by atoms with van der Waals surface area (Å²) in [5, 5.41) is 8.67. The van der Waals surface area contributed by atoms with Crippen molar-refractivity contribution in [3.8, 4) is 0 Å². The maximum atomic E-state index is 8.67. The minimum Gasteiger partial charge on any atom is -0.396 e. The first-order valence-corrected chi connectivity index (χ1v) is 9.10. The van der Waals surface area contributed by atoms with Crippen molar-refractivity contribution in [1.82, 2.24) is 0 Å². The van der Waals surface area contributed by atoms with Crippen LogP contribution >= 0.6 is 0 Å². The molecule has 122 valence electrons. The Balaban J connectivity index is 2.89. The molecular weight excluding hydrogens is 248 g/mol. The molecule has 0 aromatic carbocycles. The van der Waals surface area contributed by atoms with E-state index in [1.165, 1.54) is 83.5 Å². The van der Waals surface area contributed by atoms with Gasteiger partial charge in [-0.05, 0) is 19.3 Å². The Morgan fingerprint density at radius 2 is 0.950 bits per heavy atom. The second kappa shape index (κ2) is 18.9. The van der Waals surface area contributed by atoms with E-state index in [1.54, 1.807) is 0 Å². The van der Waals surface area contributed by atoms with E-state index in [-0.39, 0.29) is 0 Å². The predicted molar refractivity (Wildman–Crippen MR) is 88.2 cm³/mol. The summed E-state index contributed by atoms with van der Waals surface area (Å²) in [4.78, 5) is 0. The Morgan fingerprint density at radius 3 is 1.40 bits per heavy atom. The number of unbranched alkanes of at least 4 members (excludes halogenated alkanes) is 12. The van der Waals surface area contributed by atoms with Crippen molar-refractivity contribution in [3.05, 3.63) is 0 Å². The molecule has 0 unspecified atom stereocenters. The summed E-state index contributed by atoms with van der Waals surface area (Å²) in [6.07, 6.45) is 18.1. The summed E-state index contributed by atoms with van der Waals surface area (Å²) >= 11 is 0. The van der Waals surface area contributed by atoms with Crippen LogP contribution in [-0.4, -0.2) is 24.9 Å². The highest BCUT2D eigenvalue weighted by molar-refractivity contribution is 4.47. The molecule has 0 bridgehead atoms. The van der Waals surface area contributed by atoms with E-state index in [4.69, 9.17) is 9.84 Å². The lowest BCUT2D eigenvalue weighted by molar-refractivity contribution is 0.125. The highest BCUT2D eigenvalue weighted by Crippen LogP contribution is 2.09. The molecule has 0 aliphatic heterocycles. The average Bonchev–Trinajstić information content (AvgIpc) is 2.47. The van der Waals surface area contributed by atoms with Gasteiger partial charge in [0, 0.05) is 19.8 Å². The molecule has 0 amide bonds.